The molecule has 2 heterocycles. The Labute approximate surface area is 213 Å². The summed E-state index contributed by atoms with van der Waals surface area (Å²) in [4.78, 5) is 6.91. The lowest BCUT2D eigenvalue weighted by atomic mass is 9.84. The Kier molecular flexibility index (Phi) is 7.65. The van der Waals surface area contributed by atoms with E-state index in [0.717, 1.165) is 38.5 Å². The molecule has 35 heavy (non-hydrogen) atoms. The first-order valence-electron chi connectivity index (χ1n) is 12.4. The summed E-state index contributed by atoms with van der Waals surface area (Å²) in [5.41, 5.74) is -0.584. The van der Waals surface area contributed by atoms with Crippen LogP contribution in [0.5, 0.6) is 0 Å². The molecular weight excluding hydrogens is 488 g/mol. The number of halogens is 1. The highest BCUT2D eigenvalue weighted by Crippen LogP contribution is 2.56. The van der Waals surface area contributed by atoms with E-state index in [4.69, 9.17) is 16.1 Å². The van der Waals surface area contributed by atoms with E-state index < -0.39 is 15.6 Å². The Balaban J connectivity index is 1.57. The molecule has 1 aliphatic carbocycles. The van der Waals surface area contributed by atoms with Crippen LogP contribution in [0.1, 0.15) is 71.0 Å². The number of benzene rings is 1. The van der Waals surface area contributed by atoms with Gasteiger partial charge in [0, 0.05) is 29.1 Å². The SMILES string of the molecule is CC[C@@H]1CCC[C@H](C2(Cc3nc(CN(C)C(C)(C)CO)no3)CC2)N1S(=O)(=O)c1ccc(Cl)cc1. The second-order valence-corrected chi connectivity index (χ2v) is 13.0. The number of rotatable bonds is 10. The van der Waals surface area contributed by atoms with E-state index in [1.165, 1.54) is 0 Å². The first kappa shape index (κ1) is 26.5. The maximum Gasteiger partial charge on any atom is 0.243 e. The molecule has 1 aliphatic heterocycles. The zero-order chi connectivity index (χ0) is 25.4. The summed E-state index contributed by atoms with van der Waals surface area (Å²) in [6, 6.07) is 6.34. The molecule has 10 heteroatoms. The molecule has 194 valence electrons. The number of likely N-dealkylation sites (N-methyl/N-ethyl adjacent to an activating group) is 1. The predicted octanol–water partition coefficient (Wildman–Crippen LogP) is 4.27. The van der Waals surface area contributed by atoms with E-state index in [-0.39, 0.29) is 29.0 Å². The summed E-state index contributed by atoms with van der Waals surface area (Å²) in [6.07, 6.45) is 5.93. The highest BCUT2D eigenvalue weighted by atomic mass is 35.5. The maximum absolute atomic E-state index is 13.9. The zero-order valence-electron chi connectivity index (χ0n) is 21.1. The summed E-state index contributed by atoms with van der Waals surface area (Å²) in [5, 5.41) is 14.3. The van der Waals surface area contributed by atoms with Gasteiger partial charge in [0.05, 0.1) is 18.0 Å². The van der Waals surface area contributed by atoms with Crippen LogP contribution in [0.15, 0.2) is 33.7 Å². The summed E-state index contributed by atoms with van der Waals surface area (Å²) in [6.45, 7) is 6.45. The fraction of sp³-hybridized carbons (Fsp3) is 0.680. The van der Waals surface area contributed by atoms with Crippen molar-refractivity contribution < 1.29 is 18.0 Å². The highest BCUT2D eigenvalue weighted by molar-refractivity contribution is 7.89. The summed E-state index contributed by atoms with van der Waals surface area (Å²) >= 11 is 6.02. The highest BCUT2D eigenvalue weighted by Gasteiger charge is 2.56. The van der Waals surface area contributed by atoms with Gasteiger partial charge in [-0.25, -0.2) is 8.42 Å². The van der Waals surface area contributed by atoms with Crippen molar-refractivity contribution in [3.8, 4) is 0 Å². The van der Waals surface area contributed by atoms with Crippen molar-refractivity contribution >= 4 is 21.6 Å². The first-order chi connectivity index (χ1) is 16.5. The normalized spacial score (nSPS) is 23.1. The van der Waals surface area contributed by atoms with Gasteiger partial charge in [0.15, 0.2) is 5.82 Å². The molecule has 1 aromatic carbocycles. The number of piperidine rings is 1. The van der Waals surface area contributed by atoms with Gasteiger partial charge in [0.2, 0.25) is 15.9 Å². The molecule has 0 unspecified atom stereocenters. The predicted molar refractivity (Wildman–Crippen MR) is 134 cm³/mol. The van der Waals surface area contributed by atoms with Crippen molar-refractivity contribution in [2.24, 2.45) is 5.41 Å². The van der Waals surface area contributed by atoms with Crippen molar-refractivity contribution in [2.45, 2.75) is 94.8 Å². The summed E-state index contributed by atoms with van der Waals surface area (Å²) in [7, 11) is -1.76. The molecule has 2 aliphatic rings. The standard InChI is InChI=1S/C25H37ClN4O4S/c1-5-19-7-6-8-21(30(19)35(32,33)20-11-9-18(26)10-12-20)25(13-14-25)15-23-27-22(28-34-23)16-29(4)24(2,3)17-31/h9-12,19,21,31H,5-8,13-17H2,1-4H3/t19-,21-/m1/s1. The number of hydrogen-bond donors (Lipinski definition) is 1. The summed E-state index contributed by atoms with van der Waals surface area (Å²) in [5.74, 6) is 1.12. The largest absolute Gasteiger partial charge is 0.394 e. The van der Waals surface area contributed by atoms with E-state index in [1.54, 1.807) is 28.6 Å². The lowest BCUT2D eigenvalue weighted by molar-refractivity contribution is 0.0708. The second kappa shape index (κ2) is 10.1. The van der Waals surface area contributed by atoms with E-state index in [2.05, 4.69) is 17.1 Å². The molecule has 2 aromatic rings. The monoisotopic (exact) mass is 524 g/mol. The molecule has 1 N–H and O–H groups in total. The van der Waals surface area contributed by atoms with Crippen LogP contribution in [0.3, 0.4) is 0 Å². The van der Waals surface area contributed by atoms with Crippen molar-refractivity contribution in [3.05, 3.63) is 41.0 Å². The Bertz CT molecular complexity index is 1110. The number of nitrogens with zero attached hydrogens (tertiary/aromatic N) is 4. The minimum absolute atomic E-state index is 0.0233. The number of aromatic nitrogens is 2. The fourth-order valence-electron chi connectivity index (χ4n) is 5.17. The van der Waals surface area contributed by atoms with Crippen molar-refractivity contribution in [1.82, 2.24) is 19.3 Å². The minimum atomic E-state index is -3.68. The molecule has 1 saturated heterocycles. The molecule has 4 rings (SSSR count). The molecule has 0 amide bonds. The molecule has 1 saturated carbocycles. The van der Waals surface area contributed by atoms with Gasteiger partial charge in [-0.3, -0.25) is 4.90 Å². The van der Waals surface area contributed by atoms with Crippen LogP contribution in [0.2, 0.25) is 5.02 Å². The number of aliphatic hydroxyl groups excluding tert-OH is 1. The number of hydrogen-bond acceptors (Lipinski definition) is 7. The maximum atomic E-state index is 13.9. The van der Waals surface area contributed by atoms with Crippen LogP contribution in [0.25, 0.3) is 0 Å². The molecule has 0 radical (unpaired) electrons. The van der Waals surface area contributed by atoms with Gasteiger partial charge < -0.3 is 9.63 Å². The third-order valence-electron chi connectivity index (χ3n) is 7.95. The third-order valence-corrected chi connectivity index (χ3v) is 10.2. The Morgan fingerprint density at radius 3 is 2.54 bits per heavy atom. The molecular formula is C25H37ClN4O4S. The lowest BCUT2D eigenvalue weighted by Crippen LogP contribution is -2.53. The number of sulfonamides is 1. The second-order valence-electron chi connectivity index (χ2n) is 10.8. The van der Waals surface area contributed by atoms with E-state index in [0.29, 0.717) is 29.7 Å². The van der Waals surface area contributed by atoms with Gasteiger partial charge >= 0.3 is 0 Å². The molecule has 2 fully saturated rings. The summed E-state index contributed by atoms with van der Waals surface area (Å²) < 4.78 is 35.1. The Hall–Kier alpha value is -1.52. The van der Waals surface area contributed by atoms with Gasteiger partial charge in [0.25, 0.3) is 0 Å². The molecule has 8 nitrogen and oxygen atoms in total. The fourth-order valence-corrected chi connectivity index (χ4v) is 7.33. The first-order valence-corrected chi connectivity index (χ1v) is 14.3. The van der Waals surface area contributed by atoms with Gasteiger partial charge in [-0.15, -0.1) is 0 Å². The number of aliphatic hydroxyl groups is 1. The van der Waals surface area contributed by atoms with Crippen LogP contribution in [-0.2, 0) is 23.0 Å². The zero-order valence-corrected chi connectivity index (χ0v) is 22.6. The van der Waals surface area contributed by atoms with Crippen LogP contribution in [0, 0.1) is 5.41 Å². The quantitative estimate of drug-likeness (QED) is 0.495. The Morgan fingerprint density at radius 1 is 1.26 bits per heavy atom. The third kappa shape index (κ3) is 5.44. The average Bonchev–Trinajstić information content (AvgIpc) is 3.49. The molecule has 2 atom stereocenters. The van der Waals surface area contributed by atoms with Crippen molar-refractivity contribution in [3.63, 3.8) is 0 Å². The van der Waals surface area contributed by atoms with E-state index >= 15 is 0 Å². The van der Waals surface area contributed by atoms with Gasteiger partial charge in [0.1, 0.15) is 0 Å². The van der Waals surface area contributed by atoms with Gasteiger partial charge in [-0.05, 0) is 82.7 Å². The minimum Gasteiger partial charge on any atom is -0.394 e. The van der Waals surface area contributed by atoms with Crippen LogP contribution in [0.4, 0.5) is 0 Å². The van der Waals surface area contributed by atoms with Crippen molar-refractivity contribution in [1.29, 1.82) is 0 Å². The van der Waals surface area contributed by atoms with Crippen molar-refractivity contribution in [2.75, 3.05) is 13.7 Å². The van der Waals surface area contributed by atoms with Crippen LogP contribution in [-0.4, -0.2) is 64.1 Å². The average molecular weight is 525 g/mol. The van der Waals surface area contributed by atoms with Gasteiger partial charge in [-0.2, -0.15) is 9.29 Å². The lowest BCUT2D eigenvalue weighted by Gasteiger charge is -2.44. The molecule has 1 aromatic heterocycles. The molecule has 0 bridgehead atoms. The Morgan fingerprint density at radius 2 is 1.94 bits per heavy atom. The van der Waals surface area contributed by atoms with Gasteiger partial charge in [-0.1, -0.05) is 30.1 Å². The van der Waals surface area contributed by atoms with Crippen LogP contribution < -0.4 is 0 Å². The topological polar surface area (TPSA) is 99.8 Å². The molecule has 0 spiro atoms. The van der Waals surface area contributed by atoms with Crippen LogP contribution >= 0.6 is 11.6 Å². The smallest absolute Gasteiger partial charge is 0.243 e. The van der Waals surface area contributed by atoms with E-state index in [9.17, 15) is 13.5 Å². The van der Waals surface area contributed by atoms with E-state index in [1.807, 2.05) is 25.8 Å².